The first-order valence-corrected chi connectivity index (χ1v) is 7.87. The first-order chi connectivity index (χ1) is 11.8. The molecule has 0 unspecified atom stereocenters. The summed E-state index contributed by atoms with van der Waals surface area (Å²) in [5, 5.41) is 0. The molecular weight excluding hydrogens is 296 g/mol. The number of rotatable bonds is 6. The third kappa shape index (κ3) is 4.20. The molecule has 3 aromatic carbocycles. The molecule has 0 radical (unpaired) electrons. The van der Waals surface area contributed by atoms with E-state index in [0.717, 1.165) is 11.3 Å². The van der Waals surface area contributed by atoms with Crippen molar-refractivity contribution in [3.8, 4) is 5.75 Å². The van der Waals surface area contributed by atoms with Gasteiger partial charge in [0.05, 0.1) is 0 Å². The second-order valence-corrected chi connectivity index (χ2v) is 5.34. The fraction of sp³-hybridized carbons (Fsp3) is 0.0455. The Labute approximate surface area is 142 Å². The number of hydrogen-bond donors (Lipinski definition) is 0. The van der Waals surface area contributed by atoms with Crippen molar-refractivity contribution in [3.05, 3.63) is 108 Å². The van der Waals surface area contributed by atoms with E-state index in [1.165, 1.54) is 0 Å². The quantitative estimate of drug-likeness (QED) is 0.598. The maximum absolute atomic E-state index is 12.3. The summed E-state index contributed by atoms with van der Waals surface area (Å²) in [6.07, 6.45) is 3.99. The normalized spacial score (nSPS) is 10.7. The smallest absolute Gasteiger partial charge is 0.193 e. The molecule has 0 aliphatic heterocycles. The zero-order valence-electron chi connectivity index (χ0n) is 13.3. The Morgan fingerprint density at radius 3 is 2.00 bits per heavy atom. The second kappa shape index (κ2) is 7.93. The number of benzene rings is 3. The van der Waals surface area contributed by atoms with Gasteiger partial charge in [-0.1, -0.05) is 66.7 Å². The molecule has 0 amide bonds. The number of hydrogen-bond acceptors (Lipinski definition) is 2. The van der Waals surface area contributed by atoms with E-state index in [4.69, 9.17) is 4.74 Å². The highest BCUT2D eigenvalue weighted by molar-refractivity contribution is 6.08. The Morgan fingerprint density at radius 2 is 1.33 bits per heavy atom. The molecule has 0 heterocycles. The van der Waals surface area contributed by atoms with Crippen molar-refractivity contribution in [1.82, 2.24) is 0 Å². The molecule has 0 spiro atoms. The third-order valence-corrected chi connectivity index (χ3v) is 3.61. The number of ether oxygens (including phenoxy) is 1. The minimum atomic E-state index is 0.0196. The number of carbonyl (C=O) groups is 1. The van der Waals surface area contributed by atoms with Gasteiger partial charge in [-0.05, 0) is 35.9 Å². The lowest BCUT2D eigenvalue weighted by Crippen LogP contribution is -2.01. The summed E-state index contributed by atoms with van der Waals surface area (Å²) in [5.74, 6) is 0.767. The molecule has 118 valence electrons. The average molecular weight is 314 g/mol. The predicted octanol–water partition coefficient (Wildman–Crippen LogP) is 5.01. The molecule has 0 saturated carbocycles. The van der Waals surface area contributed by atoms with Crippen LogP contribution in [0.5, 0.6) is 5.75 Å². The lowest BCUT2D eigenvalue weighted by Gasteiger charge is -2.05. The molecule has 0 aliphatic carbocycles. The molecule has 3 rings (SSSR count). The van der Waals surface area contributed by atoms with Gasteiger partial charge in [-0.2, -0.15) is 0 Å². The third-order valence-electron chi connectivity index (χ3n) is 3.61. The Balaban J connectivity index is 1.57. The van der Waals surface area contributed by atoms with Crippen LogP contribution in [0.4, 0.5) is 0 Å². The van der Waals surface area contributed by atoms with Crippen LogP contribution in [0.25, 0.3) is 6.08 Å². The summed E-state index contributed by atoms with van der Waals surface area (Å²) in [5.41, 5.74) is 2.50. The van der Waals surface area contributed by atoms with Crippen molar-refractivity contribution in [3.63, 3.8) is 0 Å². The van der Waals surface area contributed by atoms with Crippen LogP contribution in [0.3, 0.4) is 0 Å². The molecule has 24 heavy (non-hydrogen) atoms. The predicted molar refractivity (Wildman–Crippen MR) is 97.3 cm³/mol. The second-order valence-electron chi connectivity index (χ2n) is 5.34. The molecule has 0 bridgehead atoms. The largest absolute Gasteiger partial charge is 0.490 e. The molecule has 0 N–H and O–H groups in total. The van der Waals surface area contributed by atoms with Crippen molar-refractivity contribution >= 4 is 11.9 Å². The molecule has 3 aromatic rings. The van der Waals surface area contributed by atoms with Gasteiger partial charge in [0, 0.05) is 11.1 Å². The van der Waals surface area contributed by atoms with E-state index in [1.807, 2.05) is 84.9 Å². The summed E-state index contributed by atoms with van der Waals surface area (Å²) < 4.78 is 5.67. The van der Waals surface area contributed by atoms with Crippen molar-refractivity contribution in [2.24, 2.45) is 0 Å². The van der Waals surface area contributed by atoms with E-state index in [9.17, 15) is 4.79 Å². The first kappa shape index (κ1) is 15.8. The van der Waals surface area contributed by atoms with Crippen LogP contribution in [0.2, 0.25) is 0 Å². The summed E-state index contributed by atoms with van der Waals surface area (Å²) in [7, 11) is 0. The minimum Gasteiger partial charge on any atom is -0.490 e. The first-order valence-electron chi connectivity index (χ1n) is 7.87. The molecule has 0 aromatic heterocycles. The van der Waals surface area contributed by atoms with Crippen molar-refractivity contribution < 1.29 is 9.53 Å². The van der Waals surface area contributed by atoms with Gasteiger partial charge < -0.3 is 4.74 Å². The van der Waals surface area contributed by atoms with Gasteiger partial charge >= 0.3 is 0 Å². The van der Waals surface area contributed by atoms with E-state index in [2.05, 4.69) is 0 Å². The Kier molecular flexibility index (Phi) is 5.21. The maximum atomic E-state index is 12.3. The molecule has 2 nitrogen and oxygen atoms in total. The summed E-state index contributed by atoms with van der Waals surface area (Å²) in [4.78, 5) is 12.3. The van der Waals surface area contributed by atoms with E-state index < -0.39 is 0 Å². The average Bonchev–Trinajstić information content (AvgIpc) is 2.67. The summed E-state index contributed by atoms with van der Waals surface area (Å²) in [6, 6.07) is 26.6. The summed E-state index contributed by atoms with van der Waals surface area (Å²) >= 11 is 0. The van der Waals surface area contributed by atoms with Gasteiger partial charge in [0.1, 0.15) is 12.4 Å². The van der Waals surface area contributed by atoms with Crippen LogP contribution in [-0.4, -0.2) is 12.4 Å². The highest BCUT2D eigenvalue weighted by Crippen LogP contribution is 2.15. The van der Waals surface area contributed by atoms with Gasteiger partial charge in [-0.15, -0.1) is 0 Å². The minimum absolute atomic E-state index is 0.0196. The molecule has 0 fully saturated rings. The van der Waals surface area contributed by atoms with Gasteiger partial charge in [-0.3, -0.25) is 4.79 Å². The zero-order chi connectivity index (χ0) is 16.6. The Hall–Kier alpha value is -3.13. The maximum Gasteiger partial charge on any atom is 0.193 e. The van der Waals surface area contributed by atoms with Crippen molar-refractivity contribution in [2.45, 2.75) is 0 Å². The molecule has 0 aliphatic rings. The zero-order valence-corrected chi connectivity index (χ0v) is 13.3. The Morgan fingerprint density at radius 1 is 0.750 bits per heavy atom. The topological polar surface area (TPSA) is 26.3 Å². The Bertz CT molecular complexity index is 804. The fourth-order valence-corrected chi connectivity index (χ4v) is 2.35. The van der Waals surface area contributed by atoms with Crippen molar-refractivity contribution in [1.29, 1.82) is 0 Å². The van der Waals surface area contributed by atoms with Crippen LogP contribution >= 0.6 is 0 Å². The molecule has 2 heteroatoms. The van der Waals surface area contributed by atoms with Crippen LogP contribution in [0.15, 0.2) is 91.0 Å². The molecular formula is C22H18O2. The van der Waals surface area contributed by atoms with Crippen LogP contribution in [-0.2, 0) is 0 Å². The van der Waals surface area contributed by atoms with Crippen LogP contribution in [0.1, 0.15) is 21.5 Å². The van der Waals surface area contributed by atoms with Gasteiger partial charge in [0.15, 0.2) is 5.78 Å². The van der Waals surface area contributed by atoms with E-state index in [1.54, 1.807) is 12.1 Å². The lowest BCUT2D eigenvalue weighted by atomic mass is 10.0. The highest BCUT2D eigenvalue weighted by atomic mass is 16.5. The summed E-state index contributed by atoms with van der Waals surface area (Å²) in [6.45, 7) is 0.487. The standard InChI is InChI=1S/C22H18O2/c23-22(19-11-5-2-6-12-19)20-13-15-21(16-14-20)24-17-7-10-18-8-3-1-4-9-18/h1-16H,17H2. The van der Waals surface area contributed by atoms with Crippen LogP contribution < -0.4 is 4.74 Å². The SMILES string of the molecule is O=C(c1ccccc1)c1ccc(OCC=Cc2ccccc2)cc1. The van der Waals surface area contributed by atoms with Crippen LogP contribution in [0, 0.1) is 0 Å². The van der Waals surface area contributed by atoms with E-state index in [0.29, 0.717) is 17.7 Å². The fourth-order valence-electron chi connectivity index (χ4n) is 2.35. The highest BCUT2D eigenvalue weighted by Gasteiger charge is 2.07. The van der Waals surface area contributed by atoms with Gasteiger partial charge in [0.25, 0.3) is 0 Å². The number of ketones is 1. The number of carbonyl (C=O) groups excluding carboxylic acids is 1. The lowest BCUT2D eigenvalue weighted by molar-refractivity contribution is 0.103. The van der Waals surface area contributed by atoms with Gasteiger partial charge in [-0.25, -0.2) is 0 Å². The van der Waals surface area contributed by atoms with Crippen molar-refractivity contribution in [2.75, 3.05) is 6.61 Å². The van der Waals surface area contributed by atoms with E-state index in [-0.39, 0.29) is 5.78 Å². The van der Waals surface area contributed by atoms with E-state index >= 15 is 0 Å². The molecule has 0 saturated heterocycles. The van der Waals surface area contributed by atoms with Gasteiger partial charge in [0.2, 0.25) is 0 Å². The molecule has 0 atom stereocenters. The monoisotopic (exact) mass is 314 g/mol.